The number of hydrazone groups is 1. The lowest BCUT2D eigenvalue weighted by Crippen LogP contribution is -2.24. The fourth-order valence-corrected chi connectivity index (χ4v) is 3.59. The number of hydrogen-bond acceptors (Lipinski definition) is 4. The maximum Gasteiger partial charge on any atom is 0.240 e. The molecule has 0 bridgehead atoms. The van der Waals surface area contributed by atoms with E-state index in [1.165, 1.54) is 11.9 Å². The van der Waals surface area contributed by atoms with Crippen molar-refractivity contribution in [3.63, 3.8) is 0 Å². The van der Waals surface area contributed by atoms with Crippen molar-refractivity contribution in [3.8, 4) is 5.75 Å². The van der Waals surface area contributed by atoms with Gasteiger partial charge in [-0.05, 0) is 41.7 Å². The molecule has 1 unspecified atom stereocenters. The normalized spacial score (nSPS) is 16.1. The number of rotatable bonds is 5. The molecule has 1 aliphatic rings. The molecule has 2 aromatic rings. The van der Waals surface area contributed by atoms with Crippen molar-refractivity contribution in [2.45, 2.75) is 52.5 Å². The molecule has 0 fully saturated rings. The Kier molecular flexibility index (Phi) is 6.01. The summed E-state index contributed by atoms with van der Waals surface area (Å²) < 4.78 is 0. The van der Waals surface area contributed by atoms with Crippen LogP contribution in [0.3, 0.4) is 0 Å². The minimum absolute atomic E-state index is 0.116. The minimum atomic E-state index is -0.190. The second-order valence-electron chi connectivity index (χ2n) is 7.77. The molecule has 3 rings (SSSR count). The van der Waals surface area contributed by atoms with Gasteiger partial charge in [0.25, 0.3) is 0 Å². The van der Waals surface area contributed by atoms with Gasteiger partial charge in [-0.25, -0.2) is 5.01 Å². The van der Waals surface area contributed by atoms with E-state index < -0.39 is 0 Å². The van der Waals surface area contributed by atoms with Crippen LogP contribution < -0.4 is 5.32 Å². The van der Waals surface area contributed by atoms with Gasteiger partial charge in [0.2, 0.25) is 11.8 Å². The summed E-state index contributed by atoms with van der Waals surface area (Å²) in [5, 5.41) is 18.9. The summed E-state index contributed by atoms with van der Waals surface area (Å²) in [4.78, 5) is 24.7. The summed E-state index contributed by atoms with van der Waals surface area (Å²) in [5.74, 6) is 0.0364. The lowest BCUT2D eigenvalue weighted by atomic mass is 9.98. The Morgan fingerprint density at radius 2 is 1.93 bits per heavy atom. The third-order valence-corrected chi connectivity index (χ3v) is 5.11. The first kappa shape index (κ1) is 20.6. The Balaban J connectivity index is 1.73. The van der Waals surface area contributed by atoms with Gasteiger partial charge in [-0.1, -0.05) is 44.2 Å². The Labute approximate surface area is 171 Å². The molecule has 0 saturated carbocycles. The molecular weight excluding hydrogens is 366 g/mol. The number of benzene rings is 2. The molecule has 0 aromatic heterocycles. The Bertz CT molecular complexity index is 951. The van der Waals surface area contributed by atoms with Gasteiger partial charge in [0, 0.05) is 19.0 Å². The number of carbonyl (C=O) groups excluding carboxylic acids is 2. The van der Waals surface area contributed by atoms with Gasteiger partial charge in [0.1, 0.15) is 5.75 Å². The predicted octanol–water partition coefficient (Wildman–Crippen LogP) is 4.50. The lowest BCUT2D eigenvalue weighted by Gasteiger charge is -2.20. The molecule has 0 radical (unpaired) electrons. The first-order chi connectivity index (χ1) is 13.8. The zero-order chi connectivity index (χ0) is 21.1. The molecule has 1 atom stereocenters. The van der Waals surface area contributed by atoms with E-state index >= 15 is 0 Å². The average molecular weight is 393 g/mol. The molecule has 0 saturated heterocycles. The van der Waals surface area contributed by atoms with Crippen LogP contribution in [0.15, 0.2) is 47.6 Å². The van der Waals surface area contributed by atoms with Gasteiger partial charge >= 0.3 is 0 Å². The molecule has 1 heterocycles. The zero-order valence-electron chi connectivity index (χ0n) is 17.3. The van der Waals surface area contributed by atoms with E-state index in [2.05, 4.69) is 10.4 Å². The first-order valence-electron chi connectivity index (χ1n) is 9.80. The number of anilines is 1. The highest BCUT2D eigenvalue weighted by Crippen LogP contribution is 2.33. The fraction of sp³-hybridized carbons (Fsp3) is 0.348. The largest absolute Gasteiger partial charge is 0.508 e. The molecule has 152 valence electrons. The Morgan fingerprint density at radius 1 is 1.24 bits per heavy atom. The molecule has 6 heteroatoms. The Morgan fingerprint density at radius 3 is 2.55 bits per heavy atom. The molecule has 2 aromatic carbocycles. The number of phenols is 1. The second-order valence-corrected chi connectivity index (χ2v) is 7.77. The number of nitrogens with zero attached hydrogens (tertiary/aromatic N) is 2. The van der Waals surface area contributed by atoms with Crippen molar-refractivity contribution in [2.24, 2.45) is 5.10 Å². The van der Waals surface area contributed by atoms with Gasteiger partial charge in [-0.2, -0.15) is 5.10 Å². The third-order valence-electron chi connectivity index (χ3n) is 5.11. The quantitative estimate of drug-likeness (QED) is 0.734. The van der Waals surface area contributed by atoms with Crippen molar-refractivity contribution in [1.29, 1.82) is 0 Å². The number of phenolic OH excluding ortho intramolecular Hbond substituents is 1. The van der Waals surface area contributed by atoms with E-state index in [9.17, 15) is 14.7 Å². The maximum atomic E-state index is 12.6. The zero-order valence-corrected chi connectivity index (χ0v) is 17.3. The molecule has 29 heavy (non-hydrogen) atoms. The smallest absolute Gasteiger partial charge is 0.240 e. The third kappa shape index (κ3) is 4.65. The highest BCUT2D eigenvalue weighted by molar-refractivity contribution is 6.07. The molecular formula is C23H27N3O3. The van der Waals surface area contributed by atoms with Crippen molar-refractivity contribution in [2.75, 3.05) is 5.32 Å². The monoisotopic (exact) mass is 393 g/mol. The summed E-state index contributed by atoms with van der Waals surface area (Å²) in [6.45, 7) is 7.30. The van der Waals surface area contributed by atoms with Gasteiger partial charge in [-0.15, -0.1) is 0 Å². The van der Waals surface area contributed by atoms with E-state index in [0.29, 0.717) is 17.8 Å². The van der Waals surface area contributed by atoms with Crippen LogP contribution in [0.2, 0.25) is 0 Å². The van der Waals surface area contributed by atoms with Crippen LogP contribution in [0.4, 0.5) is 5.69 Å². The number of hydrogen-bond donors (Lipinski definition) is 2. The van der Waals surface area contributed by atoms with E-state index in [1.807, 2.05) is 57.2 Å². The number of aromatic hydroxyl groups is 1. The standard InChI is InChI=1S/C23H27N3O3/c1-14(2)19-13-20(15(3)10-22(19)28)24-23(29)12-18-11-21(26(25-18)16(4)27)17-8-6-5-7-9-17/h5-10,13-14,21,28H,11-12H2,1-4H3,(H,24,29). The molecule has 6 nitrogen and oxygen atoms in total. The molecule has 0 aliphatic carbocycles. The van der Waals surface area contributed by atoms with Crippen molar-refractivity contribution in [1.82, 2.24) is 5.01 Å². The van der Waals surface area contributed by atoms with Crippen LogP contribution in [0.5, 0.6) is 5.75 Å². The van der Waals surface area contributed by atoms with Gasteiger partial charge < -0.3 is 10.4 Å². The number of amides is 2. The summed E-state index contributed by atoms with van der Waals surface area (Å²) >= 11 is 0. The highest BCUT2D eigenvalue weighted by Gasteiger charge is 2.31. The summed E-state index contributed by atoms with van der Waals surface area (Å²) in [6.07, 6.45) is 0.646. The number of carbonyl (C=O) groups is 2. The lowest BCUT2D eigenvalue weighted by molar-refractivity contribution is -0.130. The fourth-order valence-electron chi connectivity index (χ4n) is 3.59. The summed E-state index contributed by atoms with van der Waals surface area (Å²) in [5.41, 5.74) is 3.93. The van der Waals surface area contributed by atoms with Gasteiger partial charge in [0.15, 0.2) is 0 Å². The topological polar surface area (TPSA) is 82.0 Å². The molecule has 2 N–H and O–H groups in total. The number of aryl methyl sites for hydroxylation is 1. The van der Waals surface area contributed by atoms with Crippen LogP contribution in [0.25, 0.3) is 0 Å². The molecule has 0 spiro atoms. The van der Waals surface area contributed by atoms with E-state index in [0.717, 1.165) is 16.7 Å². The van der Waals surface area contributed by atoms with E-state index in [4.69, 9.17) is 0 Å². The Hall–Kier alpha value is -3.15. The SMILES string of the molecule is CC(=O)N1N=C(CC(=O)Nc2cc(C(C)C)c(O)cc2C)CC1c1ccccc1. The molecule has 1 aliphatic heterocycles. The summed E-state index contributed by atoms with van der Waals surface area (Å²) in [6, 6.07) is 13.0. The summed E-state index contributed by atoms with van der Waals surface area (Å²) in [7, 11) is 0. The van der Waals surface area contributed by atoms with Gasteiger partial charge in [0.05, 0.1) is 18.2 Å². The molecule has 2 amide bonds. The average Bonchev–Trinajstić information content (AvgIpc) is 3.08. The predicted molar refractivity (Wildman–Crippen MR) is 114 cm³/mol. The second kappa shape index (κ2) is 8.47. The van der Waals surface area contributed by atoms with Gasteiger partial charge in [-0.3, -0.25) is 9.59 Å². The van der Waals surface area contributed by atoms with Crippen molar-refractivity contribution in [3.05, 3.63) is 59.2 Å². The van der Waals surface area contributed by atoms with Crippen LogP contribution >= 0.6 is 0 Å². The van der Waals surface area contributed by atoms with Crippen LogP contribution in [0.1, 0.15) is 62.3 Å². The maximum absolute atomic E-state index is 12.6. The van der Waals surface area contributed by atoms with Crippen LogP contribution in [-0.2, 0) is 9.59 Å². The van der Waals surface area contributed by atoms with Crippen LogP contribution in [-0.4, -0.2) is 27.6 Å². The first-order valence-corrected chi connectivity index (χ1v) is 9.80. The van der Waals surface area contributed by atoms with Crippen molar-refractivity contribution >= 4 is 23.2 Å². The van der Waals surface area contributed by atoms with Crippen molar-refractivity contribution < 1.29 is 14.7 Å². The van der Waals surface area contributed by atoms with E-state index in [1.54, 1.807) is 6.07 Å². The van der Waals surface area contributed by atoms with Crippen LogP contribution in [0, 0.1) is 6.92 Å². The number of nitrogens with one attached hydrogen (secondary N) is 1. The highest BCUT2D eigenvalue weighted by atomic mass is 16.3. The van der Waals surface area contributed by atoms with E-state index in [-0.39, 0.29) is 35.9 Å². The minimum Gasteiger partial charge on any atom is -0.508 e.